The normalized spacial score (nSPS) is 15.4. The van der Waals surface area contributed by atoms with Gasteiger partial charge in [-0.3, -0.25) is 14.5 Å². The number of nitrogens with zero attached hydrogens (tertiary/aromatic N) is 1. The maximum Gasteiger partial charge on any atom is 0.248 e. The van der Waals surface area contributed by atoms with Gasteiger partial charge in [-0.05, 0) is 31.0 Å². The van der Waals surface area contributed by atoms with Gasteiger partial charge in [-0.25, -0.2) is 17.6 Å². The number of nitrogens with one attached hydrogen (secondary N) is 1. The summed E-state index contributed by atoms with van der Waals surface area (Å²) in [6.07, 6.45) is 4.30. The number of hydrogen-bond donors (Lipinski definition) is 1. The largest absolute Gasteiger partial charge is 0.351 e. The summed E-state index contributed by atoms with van der Waals surface area (Å²) in [4.78, 5) is 26.8. The van der Waals surface area contributed by atoms with Crippen LogP contribution in [0, 0.1) is 23.3 Å². The Hall–Kier alpha value is -2.61. The van der Waals surface area contributed by atoms with Crippen molar-refractivity contribution in [2.45, 2.75) is 44.2 Å². The van der Waals surface area contributed by atoms with E-state index >= 15 is 0 Å². The third-order valence-electron chi connectivity index (χ3n) is 5.28. The topological polar surface area (TPSA) is 49.4 Å². The number of anilines is 1. The summed E-state index contributed by atoms with van der Waals surface area (Å²) in [6, 6.07) is 3.41. The van der Waals surface area contributed by atoms with Gasteiger partial charge in [-0.1, -0.05) is 25.3 Å². The average molecular weight is 457 g/mol. The summed E-state index contributed by atoms with van der Waals surface area (Å²) in [5.74, 6) is -6.49. The molecule has 9 heteroatoms. The Balaban J connectivity index is 2.09. The van der Waals surface area contributed by atoms with Crippen molar-refractivity contribution in [3.05, 3.63) is 65.2 Å². The molecule has 31 heavy (non-hydrogen) atoms. The highest BCUT2D eigenvalue weighted by Crippen LogP contribution is 2.32. The zero-order chi connectivity index (χ0) is 22.5. The standard InChI is InChI=1S/C22H21ClF4N2O2/c23-12-20(30)29(15-7-9-17(25)19(27)11-15)21(16-8-6-13(24)10-18(16)26)22(31)28-14-4-2-1-3-5-14/h6-11,14,21H,1-5,12H2,(H,28,31). The molecule has 3 rings (SSSR count). The number of carbonyl (C=O) groups is 2. The van der Waals surface area contributed by atoms with Gasteiger partial charge in [-0.15, -0.1) is 11.6 Å². The highest BCUT2D eigenvalue weighted by atomic mass is 35.5. The summed E-state index contributed by atoms with van der Waals surface area (Å²) in [5.41, 5.74) is -0.477. The van der Waals surface area contributed by atoms with E-state index in [1.165, 1.54) is 0 Å². The molecule has 0 bridgehead atoms. The third kappa shape index (κ3) is 5.36. The van der Waals surface area contributed by atoms with Crippen LogP contribution in [0.1, 0.15) is 43.7 Å². The predicted octanol–water partition coefficient (Wildman–Crippen LogP) is 5.01. The quantitative estimate of drug-likeness (QED) is 0.491. The SMILES string of the molecule is O=C(NC1CCCCC1)C(c1ccc(F)cc1F)N(C(=O)CCl)c1ccc(F)c(F)c1. The van der Waals surface area contributed by atoms with Gasteiger partial charge in [-0.2, -0.15) is 0 Å². The molecule has 2 aromatic carbocycles. The lowest BCUT2D eigenvalue weighted by Crippen LogP contribution is -2.48. The molecule has 0 spiro atoms. The van der Waals surface area contributed by atoms with E-state index in [1.807, 2.05) is 0 Å². The van der Waals surface area contributed by atoms with Crippen molar-refractivity contribution >= 4 is 29.1 Å². The summed E-state index contributed by atoms with van der Waals surface area (Å²) >= 11 is 5.72. The lowest BCUT2D eigenvalue weighted by atomic mass is 9.94. The molecule has 0 aromatic heterocycles. The van der Waals surface area contributed by atoms with Gasteiger partial charge < -0.3 is 5.32 Å². The van der Waals surface area contributed by atoms with Crippen molar-refractivity contribution in [1.82, 2.24) is 5.32 Å². The van der Waals surface area contributed by atoms with Crippen LogP contribution in [0.2, 0.25) is 0 Å². The van der Waals surface area contributed by atoms with Crippen molar-refractivity contribution in [3.8, 4) is 0 Å². The van der Waals surface area contributed by atoms with Gasteiger partial charge in [0.05, 0.1) is 0 Å². The minimum absolute atomic E-state index is 0.176. The van der Waals surface area contributed by atoms with Crippen molar-refractivity contribution in [3.63, 3.8) is 0 Å². The van der Waals surface area contributed by atoms with E-state index in [0.29, 0.717) is 6.07 Å². The van der Waals surface area contributed by atoms with E-state index in [4.69, 9.17) is 11.6 Å². The maximum absolute atomic E-state index is 14.7. The average Bonchev–Trinajstić information content (AvgIpc) is 2.75. The van der Waals surface area contributed by atoms with E-state index in [-0.39, 0.29) is 17.3 Å². The van der Waals surface area contributed by atoms with Gasteiger partial charge in [0, 0.05) is 29.4 Å². The van der Waals surface area contributed by atoms with E-state index in [1.54, 1.807) is 0 Å². The molecule has 1 N–H and O–H groups in total. The van der Waals surface area contributed by atoms with Crippen LogP contribution in [-0.4, -0.2) is 23.7 Å². The molecule has 0 radical (unpaired) electrons. The Kier molecular flexibility index (Phi) is 7.54. The molecule has 1 atom stereocenters. The zero-order valence-corrected chi connectivity index (χ0v) is 17.3. The van der Waals surface area contributed by atoms with Gasteiger partial charge in [0.1, 0.15) is 23.6 Å². The van der Waals surface area contributed by atoms with Crippen LogP contribution in [-0.2, 0) is 9.59 Å². The molecule has 1 fully saturated rings. The molecule has 0 aliphatic heterocycles. The molecule has 1 aliphatic carbocycles. The second kappa shape index (κ2) is 10.1. The minimum atomic E-state index is -1.60. The van der Waals surface area contributed by atoms with Crippen LogP contribution in [0.25, 0.3) is 0 Å². The van der Waals surface area contributed by atoms with Crippen LogP contribution in [0.4, 0.5) is 23.2 Å². The highest BCUT2D eigenvalue weighted by Gasteiger charge is 2.36. The fourth-order valence-electron chi connectivity index (χ4n) is 3.78. The number of amides is 2. The van der Waals surface area contributed by atoms with Crippen LogP contribution in [0.5, 0.6) is 0 Å². The van der Waals surface area contributed by atoms with Crippen LogP contribution in [0.3, 0.4) is 0 Å². The summed E-state index contributed by atoms with van der Waals surface area (Å²) in [7, 11) is 0. The number of halogens is 5. The number of benzene rings is 2. The Morgan fingerprint density at radius 3 is 2.29 bits per heavy atom. The molecular weight excluding hydrogens is 436 g/mol. The lowest BCUT2D eigenvalue weighted by molar-refractivity contribution is -0.126. The zero-order valence-electron chi connectivity index (χ0n) is 16.5. The van der Waals surface area contributed by atoms with Crippen molar-refractivity contribution in [2.75, 3.05) is 10.8 Å². The fraction of sp³-hybridized carbons (Fsp3) is 0.364. The maximum atomic E-state index is 14.7. The number of hydrogen-bond acceptors (Lipinski definition) is 2. The van der Waals surface area contributed by atoms with E-state index in [9.17, 15) is 27.2 Å². The second-order valence-electron chi connectivity index (χ2n) is 7.41. The van der Waals surface area contributed by atoms with Gasteiger partial charge in [0.15, 0.2) is 11.6 Å². The van der Waals surface area contributed by atoms with E-state index in [2.05, 4.69) is 5.32 Å². The van der Waals surface area contributed by atoms with Crippen LogP contribution < -0.4 is 10.2 Å². The van der Waals surface area contributed by atoms with Crippen LogP contribution >= 0.6 is 11.6 Å². The molecule has 1 aliphatic rings. The summed E-state index contributed by atoms with van der Waals surface area (Å²) in [6.45, 7) is 0. The molecule has 2 amide bonds. The predicted molar refractivity (Wildman–Crippen MR) is 109 cm³/mol. The van der Waals surface area contributed by atoms with E-state index in [0.717, 1.165) is 67.3 Å². The first-order valence-electron chi connectivity index (χ1n) is 9.90. The number of rotatable bonds is 6. The Morgan fingerprint density at radius 2 is 1.68 bits per heavy atom. The molecule has 0 saturated heterocycles. The molecule has 0 heterocycles. The summed E-state index contributed by atoms with van der Waals surface area (Å²) in [5, 5.41) is 2.81. The third-order valence-corrected chi connectivity index (χ3v) is 5.51. The van der Waals surface area contributed by atoms with Gasteiger partial charge >= 0.3 is 0 Å². The Labute approximate surface area is 182 Å². The highest BCUT2D eigenvalue weighted by molar-refractivity contribution is 6.29. The monoisotopic (exact) mass is 456 g/mol. The Morgan fingerprint density at radius 1 is 0.968 bits per heavy atom. The molecular formula is C22H21ClF4N2O2. The smallest absolute Gasteiger partial charge is 0.248 e. The first kappa shape index (κ1) is 23.1. The molecule has 1 unspecified atom stereocenters. The minimum Gasteiger partial charge on any atom is -0.351 e. The second-order valence-corrected chi connectivity index (χ2v) is 7.67. The van der Waals surface area contributed by atoms with Crippen molar-refractivity contribution in [1.29, 1.82) is 0 Å². The van der Waals surface area contributed by atoms with Gasteiger partial charge in [0.25, 0.3) is 0 Å². The Bertz CT molecular complexity index is 967. The van der Waals surface area contributed by atoms with Crippen molar-refractivity contribution in [2.24, 2.45) is 0 Å². The van der Waals surface area contributed by atoms with E-state index < -0.39 is 47.0 Å². The number of carbonyl (C=O) groups excluding carboxylic acids is 2. The first-order chi connectivity index (χ1) is 14.8. The molecule has 4 nitrogen and oxygen atoms in total. The first-order valence-corrected chi connectivity index (χ1v) is 10.4. The lowest BCUT2D eigenvalue weighted by Gasteiger charge is -2.33. The summed E-state index contributed by atoms with van der Waals surface area (Å²) < 4.78 is 55.6. The fourth-order valence-corrected chi connectivity index (χ4v) is 3.91. The molecule has 2 aromatic rings. The van der Waals surface area contributed by atoms with Crippen LogP contribution in [0.15, 0.2) is 36.4 Å². The number of alkyl halides is 1. The molecule has 1 saturated carbocycles. The van der Waals surface area contributed by atoms with Crippen molar-refractivity contribution < 1.29 is 27.2 Å². The molecule has 166 valence electrons. The van der Waals surface area contributed by atoms with Gasteiger partial charge in [0.2, 0.25) is 11.8 Å².